The SMILES string of the molecule is Cc1cc(Nc2cnc3ncc(C4NC[C@@H]5CC[C@H]4N5CCC#N)n3n2)n[nH]1. The first-order chi connectivity index (χ1) is 13.7. The highest BCUT2D eigenvalue weighted by atomic mass is 15.4. The number of imidazole rings is 1. The highest BCUT2D eigenvalue weighted by molar-refractivity contribution is 5.51. The molecule has 2 aliphatic rings. The molecule has 2 saturated heterocycles. The summed E-state index contributed by atoms with van der Waals surface area (Å²) in [5.74, 6) is 1.88. The fourth-order valence-electron chi connectivity index (χ4n) is 4.45. The summed E-state index contributed by atoms with van der Waals surface area (Å²) in [6, 6.07) is 5.16. The van der Waals surface area contributed by atoms with E-state index in [-0.39, 0.29) is 6.04 Å². The maximum absolute atomic E-state index is 9.00. The van der Waals surface area contributed by atoms with Crippen molar-refractivity contribution in [2.75, 3.05) is 18.4 Å². The second-order valence-corrected chi connectivity index (χ2v) is 7.43. The molecule has 10 nitrogen and oxygen atoms in total. The molecule has 2 aliphatic heterocycles. The van der Waals surface area contributed by atoms with Gasteiger partial charge in [-0.2, -0.15) is 14.9 Å². The van der Waals surface area contributed by atoms with Gasteiger partial charge in [0.15, 0.2) is 11.6 Å². The lowest BCUT2D eigenvalue weighted by molar-refractivity contribution is 0.116. The maximum atomic E-state index is 9.00. The minimum absolute atomic E-state index is 0.115. The van der Waals surface area contributed by atoms with Gasteiger partial charge >= 0.3 is 0 Å². The van der Waals surface area contributed by atoms with E-state index in [2.05, 4.69) is 41.8 Å². The van der Waals surface area contributed by atoms with Crippen LogP contribution in [0.4, 0.5) is 11.6 Å². The lowest BCUT2D eigenvalue weighted by atomic mass is 10.0. The van der Waals surface area contributed by atoms with Gasteiger partial charge in [-0.3, -0.25) is 10.00 Å². The highest BCUT2D eigenvalue weighted by Gasteiger charge is 2.43. The molecular weight excluding hydrogens is 356 g/mol. The topological polar surface area (TPSA) is 123 Å². The van der Waals surface area contributed by atoms with Gasteiger partial charge in [-0.05, 0) is 19.8 Å². The molecule has 0 amide bonds. The van der Waals surface area contributed by atoms with Gasteiger partial charge in [0.25, 0.3) is 5.78 Å². The van der Waals surface area contributed by atoms with E-state index in [9.17, 15) is 0 Å². The summed E-state index contributed by atoms with van der Waals surface area (Å²) in [7, 11) is 0. The maximum Gasteiger partial charge on any atom is 0.251 e. The molecule has 3 N–H and O–H groups in total. The molecule has 0 spiro atoms. The van der Waals surface area contributed by atoms with Crippen molar-refractivity contribution in [2.45, 2.75) is 44.3 Å². The number of H-pyrrole nitrogens is 1. The largest absolute Gasteiger partial charge is 0.321 e. The Bertz CT molecular complexity index is 1030. The first-order valence-corrected chi connectivity index (χ1v) is 9.59. The summed E-state index contributed by atoms with van der Waals surface area (Å²) in [6.07, 6.45) is 6.35. The summed E-state index contributed by atoms with van der Waals surface area (Å²) in [5.41, 5.74) is 1.97. The smallest absolute Gasteiger partial charge is 0.251 e. The molecule has 10 heteroatoms. The van der Waals surface area contributed by atoms with Crippen molar-refractivity contribution in [3.05, 3.63) is 29.8 Å². The number of anilines is 2. The van der Waals surface area contributed by atoms with Crippen LogP contribution in [0.25, 0.3) is 5.78 Å². The molecule has 0 aliphatic carbocycles. The summed E-state index contributed by atoms with van der Waals surface area (Å²) >= 11 is 0. The molecule has 3 atom stereocenters. The summed E-state index contributed by atoms with van der Waals surface area (Å²) in [5, 5.41) is 27.6. The lowest BCUT2D eigenvalue weighted by Crippen LogP contribution is -2.53. The Kier molecular flexibility index (Phi) is 4.18. The van der Waals surface area contributed by atoms with Crippen LogP contribution in [0.2, 0.25) is 0 Å². The molecule has 5 rings (SSSR count). The monoisotopic (exact) mass is 378 g/mol. The fraction of sp³-hybridized carbons (Fsp3) is 0.500. The van der Waals surface area contributed by atoms with E-state index in [1.54, 1.807) is 10.7 Å². The van der Waals surface area contributed by atoms with Crippen LogP contribution in [0, 0.1) is 18.3 Å². The van der Waals surface area contributed by atoms with Gasteiger partial charge in [0.1, 0.15) is 0 Å². The van der Waals surface area contributed by atoms with Gasteiger partial charge in [0.2, 0.25) is 0 Å². The molecule has 0 saturated carbocycles. The van der Waals surface area contributed by atoms with Crippen LogP contribution < -0.4 is 10.6 Å². The molecule has 144 valence electrons. The molecule has 2 bridgehead atoms. The van der Waals surface area contributed by atoms with Crippen molar-refractivity contribution in [2.24, 2.45) is 0 Å². The standard InChI is InChI=1S/C18H22N10/c1-11-7-15(25-24-11)23-16-10-22-18-21-9-14(28(18)26-16)17-13-4-3-12(8-20-17)27(13)6-2-5-19/h7,9-10,12-13,17,20H,2-4,6,8H2,1H3,(H2,23,24,25,26)/t12-,13+,17?/m0/s1. The molecular formula is C18H22N10. The molecule has 2 fully saturated rings. The van der Waals surface area contributed by atoms with E-state index in [0.717, 1.165) is 37.3 Å². The van der Waals surface area contributed by atoms with E-state index < -0.39 is 0 Å². The summed E-state index contributed by atoms with van der Waals surface area (Å²) in [4.78, 5) is 11.4. The minimum atomic E-state index is 0.115. The number of aryl methyl sites for hydroxylation is 1. The van der Waals surface area contributed by atoms with Crippen molar-refractivity contribution in [1.29, 1.82) is 5.26 Å². The van der Waals surface area contributed by atoms with Gasteiger partial charge in [0.05, 0.1) is 30.2 Å². The van der Waals surface area contributed by atoms with Crippen LogP contribution in [0.5, 0.6) is 0 Å². The lowest BCUT2D eigenvalue weighted by Gasteiger charge is -2.40. The number of piperazine rings is 1. The Hall–Kier alpha value is -3.03. The zero-order valence-electron chi connectivity index (χ0n) is 15.6. The number of nitrogens with zero attached hydrogens (tertiary/aromatic N) is 7. The molecule has 0 aromatic carbocycles. The number of aromatic nitrogens is 6. The molecule has 1 unspecified atom stereocenters. The van der Waals surface area contributed by atoms with E-state index in [1.807, 2.05) is 19.2 Å². The zero-order chi connectivity index (χ0) is 19.1. The van der Waals surface area contributed by atoms with Crippen LogP contribution >= 0.6 is 0 Å². The number of nitriles is 1. The molecule has 5 heterocycles. The van der Waals surface area contributed by atoms with Gasteiger partial charge < -0.3 is 10.6 Å². The van der Waals surface area contributed by atoms with Gasteiger partial charge in [-0.15, -0.1) is 5.10 Å². The van der Waals surface area contributed by atoms with Crippen molar-refractivity contribution >= 4 is 17.4 Å². The Morgan fingerprint density at radius 2 is 2.18 bits per heavy atom. The normalized spacial score (nSPS) is 24.5. The quantitative estimate of drug-likeness (QED) is 0.607. The molecule has 3 aromatic rings. The molecule has 0 radical (unpaired) electrons. The van der Waals surface area contributed by atoms with Crippen LogP contribution in [0.1, 0.15) is 36.7 Å². The van der Waals surface area contributed by atoms with Gasteiger partial charge in [0, 0.05) is 43.4 Å². The second-order valence-electron chi connectivity index (χ2n) is 7.43. The Balaban J connectivity index is 1.45. The molecule has 28 heavy (non-hydrogen) atoms. The van der Waals surface area contributed by atoms with E-state index in [1.165, 1.54) is 0 Å². The first-order valence-electron chi connectivity index (χ1n) is 9.59. The third-order valence-corrected chi connectivity index (χ3v) is 5.67. The third kappa shape index (κ3) is 2.89. The first kappa shape index (κ1) is 17.1. The van der Waals surface area contributed by atoms with Crippen LogP contribution in [0.3, 0.4) is 0 Å². The van der Waals surface area contributed by atoms with Crippen LogP contribution in [-0.2, 0) is 0 Å². The zero-order valence-corrected chi connectivity index (χ0v) is 15.6. The van der Waals surface area contributed by atoms with E-state index in [0.29, 0.717) is 35.9 Å². The average molecular weight is 378 g/mol. The molecule has 3 aromatic heterocycles. The Morgan fingerprint density at radius 1 is 1.29 bits per heavy atom. The van der Waals surface area contributed by atoms with Crippen molar-refractivity contribution < 1.29 is 0 Å². The van der Waals surface area contributed by atoms with Crippen LogP contribution in [0.15, 0.2) is 18.5 Å². The summed E-state index contributed by atoms with van der Waals surface area (Å²) in [6.45, 7) is 3.68. The highest BCUT2D eigenvalue weighted by Crippen LogP contribution is 2.36. The van der Waals surface area contributed by atoms with Gasteiger partial charge in [-0.1, -0.05) is 0 Å². The van der Waals surface area contributed by atoms with E-state index in [4.69, 9.17) is 10.4 Å². The van der Waals surface area contributed by atoms with Crippen molar-refractivity contribution in [1.82, 2.24) is 40.0 Å². The number of hydrogen-bond acceptors (Lipinski definition) is 8. The number of nitrogens with one attached hydrogen (secondary N) is 3. The second kappa shape index (κ2) is 6.85. The van der Waals surface area contributed by atoms with Crippen molar-refractivity contribution in [3.63, 3.8) is 0 Å². The number of fused-ring (bicyclic) bond motifs is 3. The Labute approximate surface area is 162 Å². The fourth-order valence-corrected chi connectivity index (χ4v) is 4.45. The number of hydrogen-bond donors (Lipinski definition) is 3. The predicted octanol–water partition coefficient (Wildman–Crippen LogP) is 1.29. The Morgan fingerprint density at radius 3 is 3.00 bits per heavy atom. The van der Waals surface area contributed by atoms with Crippen molar-refractivity contribution in [3.8, 4) is 6.07 Å². The third-order valence-electron chi connectivity index (χ3n) is 5.67. The number of aromatic amines is 1. The van der Waals surface area contributed by atoms with Gasteiger partial charge in [-0.25, -0.2) is 9.97 Å². The van der Waals surface area contributed by atoms with E-state index >= 15 is 0 Å². The average Bonchev–Trinajstić information content (AvgIpc) is 3.37. The summed E-state index contributed by atoms with van der Waals surface area (Å²) < 4.78 is 1.81. The minimum Gasteiger partial charge on any atom is -0.321 e. The number of rotatable bonds is 5. The van der Waals surface area contributed by atoms with Crippen LogP contribution in [-0.4, -0.2) is 59.9 Å². The predicted molar refractivity (Wildman–Crippen MR) is 102 cm³/mol.